The first-order valence-corrected chi connectivity index (χ1v) is 6.04. The van der Waals surface area contributed by atoms with Gasteiger partial charge in [0.2, 0.25) is 0 Å². The van der Waals surface area contributed by atoms with Crippen LogP contribution in [-0.2, 0) is 15.8 Å². The second-order valence-corrected chi connectivity index (χ2v) is 5.83. The van der Waals surface area contributed by atoms with Gasteiger partial charge in [-0.1, -0.05) is 0 Å². The van der Waals surface area contributed by atoms with Gasteiger partial charge >= 0.3 is 6.09 Å². The Morgan fingerprint density at radius 1 is 1.53 bits per heavy atom. The molecule has 0 aliphatic carbocycles. The van der Waals surface area contributed by atoms with Crippen molar-refractivity contribution < 1.29 is 18.3 Å². The van der Waals surface area contributed by atoms with Gasteiger partial charge in [0.05, 0.1) is 5.25 Å². The minimum atomic E-state index is -1.85. The highest BCUT2D eigenvalue weighted by Crippen LogP contribution is 2.17. The Hall–Kier alpha value is -0.620. The number of carbonyl (C=O) groups excluding carboxylic acids is 1. The van der Waals surface area contributed by atoms with E-state index in [1.54, 1.807) is 20.8 Å². The lowest BCUT2D eigenvalue weighted by molar-refractivity contribution is 0.0295. The van der Waals surface area contributed by atoms with Crippen molar-refractivity contribution >= 4 is 17.2 Å². The van der Waals surface area contributed by atoms with Crippen molar-refractivity contribution in [3.05, 3.63) is 0 Å². The van der Waals surface area contributed by atoms with Crippen LogP contribution in [-0.4, -0.2) is 43.7 Å². The maximum Gasteiger partial charge on any atom is 0.410 e. The van der Waals surface area contributed by atoms with Gasteiger partial charge in [0.15, 0.2) is 11.1 Å². The Morgan fingerprint density at radius 3 is 2.53 bits per heavy atom. The molecule has 1 aliphatic heterocycles. The molecule has 1 N–H and O–H groups in total. The van der Waals surface area contributed by atoms with E-state index >= 15 is 0 Å². The molecule has 0 bridgehead atoms. The smallest absolute Gasteiger partial charge is 0.410 e. The van der Waals surface area contributed by atoms with E-state index in [1.165, 1.54) is 4.90 Å². The zero-order valence-corrected chi connectivity index (χ0v) is 10.0. The molecule has 0 spiro atoms. The summed E-state index contributed by atoms with van der Waals surface area (Å²) in [6.45, 7) is 6.18. The van der Waals surface area contributed by atoms with Crippen molar-refractivity contribution in [2.45, 2.75) is 38.0 Å². The fourth-order valence-corrected chi connectivity index (χ4v) is 2.00. The van der Waals surface area contributed by atoms with Crippen LogP contribution in [0.5, 0.6) is 0 Å². The fourth-order valence-electron chi connectivity index (χ4n) is 1.39. The molecule has 88 valence electrons. The molecule has 6 heteroatoms. The lowest BCUT2D eigenvalue weighted by Gasteiger charge is -2.24. The summed E-state index contributed by atoms with van der Waals surface area (Å²) in [6, 6.07) is 0. The molecule has 0 aromatic heterocycles. The highest BCUT2D eigenvalue weighted by atomic mass is 32.2. The van der Waals surface area contributed by atoms with E-state index in [9.17, 15) is 9.00 Å². The number of nitrogens with zero attached hydrogens (tertiary/aromatic N) is 1. The van der Waals surface area contributed by atoms with E-state index in [4.69, 9.17) is 9.29 Å². The van der Waals surface area contributed by atoms with Crippen molar-refractivity contribution in [3.8, 4) is 0 Å². The summed E-state index contributed by atoms with van der Waals surface area (Å²) >= 11 is -1.85. The number of carbonyl (C=O) groups is 1. The van der Waals surface area contributed by atoms with E-state index in [0.717, 1.165) is 0 Å². The molecule has 0 aromatic rings. The molecule has 15 heavy (non-hydrogen) atoms. The maximum atomic E-state index is 11.6. The normalized spacial score (nSPS) is 24.0. The molecule has 5 nitrogen and oxygen atoms in total. The van der Waals surface area contributed by atoms with Crippen molar-refractivity contribution in [3.63, 3.8) is 0 Å². The van der Waals surface area contributed by atoms with Gasteiger partial charge in [-0.3, -0.25) is 0 Å². The Bertz CT molecular complexity index is 274. The van der Waals surface area contributed by atoms with Gasteiger partial charge in [-0.25, -0.2) is 9.00 Å². The second kappa shape index (κ2) is 4.49. The SMILES string of the molecule is CC(C)(C)OC(=O)N1CC[C@H](S(=O)O)C1. The number of hydrogen-bond donors (Lipinski definition) is 1. The largest absolute Gasteiger partial charge is 0.444 e. The first kappa shape index (κ1) is 12.4. The third-order valence-electron chi connectivity index (χ3n) is 2.08. The van der Waals surface area contributed by atoms with Gasteiger partial charge in [0.1, 0.15) is 5.60 Å². The highest BCUT2D eigenvalue weighted by molar-refractivity contribution is 7.79. The number of rotatable bonds is 1. The van der Waals surface area contributed by atoms with Crippen LogP contribution < -0.4 is 0 Å². The standard InChI is InChI=1S/C9H17NO4S/c1-9(2,3)14-8(11)10-5-4-7(6-10)15(12)13/h7H,4-6H2,1-3H3,(H,12,13)/t7-/m0/s1. The summed E-state index contributed by atoms with van der Waals surface area (Å²) in [5.41, 5.74) is -0.520. The average molecular weight is 235 g/mol. The predicted octanol–water partition coefficient (Wildman–Crippen LogP) is 1.22. The highest BCUT2D eigenvalue weighted by Gasteiger charge is 2.32. The van der Waals surface area contributed by atoms with Crippen molar-refractivity contribution in [2.75, 3.05) is 13.1 Å². The fraction of sp³-hybridized carbons (Fsp3) is 0.889. The van der Waals surface area contributed by atoms with Crippen LogP contribution in [0.4, 0.5) is 4.79 Å². The Kier molecular flexibility index (Phi) is 3.72. The summed E-state index contributed by atoms with van der Waals surface area (Å²) in [5.74, 6) is 0. The molecule has 1 saturated heterocycles. The predicted molar refractivity (Wildman–Crippen MR) is 57.0 cm³/mol. The Labute approximate surface area is 92.1 Å². The van der Waals surface area contributed by atoms with E-state index in [0.29, 0.717) is 19.5 Å². The molecule has 1 unspecified atom stereocenters. The zero-order valence-electron chi connectivity index (χ0n) is 9.23. The number of likely N-dealkylation sites (tertiary alicyclic amines) is 1. The van der Waals surface area contributed by atoms with Crippen LogP contribution in [0.25, 0.3) is 0 Å². The van der Waals surface area contributed by atoms with Gasteiger partial charge in [-0.15, -0.1) is 0 Å². The van der Waals surface area contributed by atoms with Crippen LogP contribution in [0, 0.1) is 0 Å². The molecule has 0 saturated carbocycles. The van der Waals surface area contributed by atoms with E-state index in [1.807, 2.05) is 0 Å². The third-order valence-corrected chi connectivity index (χ3v) is 3.04. The minimum absolute atomic E-state index is 0.304. The number of amides is 1. The summed E-state index contributed by atoms with van der Waals surface area (Å²) in [7, 11) is 0. The molecule has 1 rings (SSSR count). The monoisotopic (exact) mass is 235 g/mol. The molecule has 2 atom stereocenters. The Balaban J connectivity index is 2.47. The topological polar surface area (TPSA) is 66.8 Å². The molecular formula is C9H17NO4S. The molecule has 1 aliphatic rings. The first-order chi connectivity index (χ1) is 6.79. The molecule has 1 amide bonds. The quantitative estimate of drug-likeness (QED) is 0.694. The number of hydrogen-bond acceptors (Lipinski definition) is 3. The van der Waals surface area contributed by atoms with Crippen LogP contribution in [0.2, 0.25) is 0 Å². The van der Waals surface area contributed by atoms with Crippen LogP contribution in [0.15, 0.2) is 0 Å². The first-order valence-electron chi connectivity index (χ1n) is 4.87. The van der Waals surface area contributed by atoms with Gasteiger partial charge < -0.3 is 14.2 Å². The molecule has 0 radical (unpaired) electrons. The van der Waals surface area contributed by atoms with Crippen LogP contribution >= 0.6 is 0 Å². The lowest BCUT2D eigenvalue weighted by Crippen LogP contribution is -2.36. The van der Waals surface area contributed by atoms with Gasteiger partial charge in [-0.2, -0.15) is 0 Å². The van der Waals surface area contributed by atoms with Gasteiger partial charge in [0.25, 0.3) is 0 Å². The van der Waals surface area contributed by atoms with E-state index in [2.05, 4.69) is 0 Å². The summed E-state index contributed by atoms with van der Waals surface area (Å²) < 4.78 is 24.8. The molecule has 1 fully saturated rings. The summed E-state index contributed by atoms with van der Waals surface area (Å²) in [4.78, 5) is 13.0. The summed E-state index contributed by atoms with van der Waals surface area (Å²) in [5, 5.41) is -0.336. The van der Waals surface area contributed by atoms with Crippen LogP contribution in [0.3, 0.4) is 0 Å². The second-order valence-electron chi connectivity index (χ2n) is 4.61. The summed E-state index contributed by atoms with van der Waals surface area (Å²) in [6.07, 6.45) is 0.151. The minimum Gasteiger partial charge on any atom is -0.444 e. The van der Waals surface area contributed by atoms with Crippen molar-refractivity contribution in [1.29, 1.82) is 0 Å². The lowest BCUT2D eigenvalue weighted by atomic mass is 10.2. The van der Waals surface area contributed by atoms with Gasteiger partial charge in [0, 0.05) is 13.1 Å². The van der Waals surface area contributed by atoms with Crippen molar-refractivity contribution in [1.82, 2.24) is 4.90 Å². The number of ether oxygens (including phenoxy) is 1. The van der Waals surface area contributed by atoms with E-state index in [-0.39, 0.29) is 5.25 Å². The average Bonchev–Trinajstić information content (AvgIpc) is 2.47. The van der Waals surface area contributed by atoms with Crippen molar-refractivity contribution in [2.24, 2.45) is 0 Å². The van der Waals surface area contributed by atoms with E-state index < -0.39 is 22.8 Å². The maximum absolute atomic E-state index is 11.6. The molecular weight excluding hydrogens is 218 g/mol. The Morgan fingerprint density at radius 2 is 2.13 bits per heavy atom. The van der Waals surface area contributed by atoms with Gasteiger partial charge in [-0.05, 0) is 27.2 Å². The van der Waals surface area contributed by atoms with Crippen LogP contribution in [0.1, 0.15) is 27.2 Å². The third kappa shape index (κ3) is 3.79. The zero-order chi connectivity index (χ0) is 11.6. The molecule has 1 heterocycles. The molecule has 0 aromatic carbocycles.